The Morgan fingerprint density at radius 1 is 0.970 bits per heavy atom. The molecule has 2 unspecified atom stereocenters. The number of fused-ring (bicyclic) bond motifs is 3. The molecule has 33 heavy (non-hydrogen) atoms. The van der Waals surface area contributed by atoms with E-state index < -0.39 is 42.6 Å². The Morgan fingerprint density at radius 2 is 1.58 bits per heavy atom. The molecule has 2 aliphatic rings. The van der Waals surface area contributed by atoms with Gasteiger partial charge in [0, 0.05) is 12.0 Å². The van der Waals surface area contributed by atoms with Gasteiger partial charge in [-0.2, -0.15) is 0 Å². The Labute approximate surface area is 192 Å². The van der Waals surface area contributed by atoms with E-state index in [1.165, 1.54) is 0 Å². The molecule has 4 rings (SSSR count). The molecule has 0 bridgehead atoms. The van der Waals surface area contributed by atoms with E-state index in [1.54, 1.807) is 0 Å². The number of carbonyl (C=O) groups excluding carboxylic acids is 2. The average Bonchev–Trinajstić information content (AvgIpc) is 3.15. The molecular weight excluding hydrogens is 424 g/mol. The molecule has 2 aliphatic carbocycles. The number of hydrogen-bond donors (Lipinski definition) is 4. The molecule has 2 amide bonds. The van der Waals surface area contributed by atoms with Crippen molar-refractivity contribution in [1.82, 2.24) is 10.6 Å². The van der Waals surface area contributed by atoms with E-state index in [0.29, 0.717) is 12.8 Å². The predicted molar refractivity (Wildman–Crippen MR) is 121 cm³/mol. The number of alkyl carbamates (subject to hydrolysis) is 1. The largest absolute Gasteiger partial charge is 0.480 e. The van der Waals surface area contributed by atoms with Crippen LogP contribution in [0.1, 0.15) is 42.7 Å². The number of rotatable bonds is 7. The number of aliphatic hydroxyl groups excluding tert-OH is 1. The fourth-order valence-corrected chi connectivity index (χ4v) is 4.87. The number of aliphatic hydroxyl groups is 1. The van der Waals surface area contributed by atoms with E-state index in [2.05, 4.69) is 22.8 Å². The van der Waals surface area contributed by atoms with Gasteiger partial charge in [0.15, 0.2) is 0 Å². The minimum Gasteiger partial charge on any atom is -0.480 e. The first-order valence-corrected chi connectivity index (χ1v) is 11.2. The summed E-state index contributed by atoms with van der Waals surface area (Å²) in [7, 11) is 0. The molecule has 2 aromatic rings. The molecule has 2 aromatic carbocycles. The number of aliphatic carboxylic acids is 1. The highest BCUT2D eigenvalue weighted by Gasteiger charge is 2.35. The minimum atomic E-state index is -1.37. The van der Waals surface area contributed by atoms with Gasteiger partial charge in [-0.1, -0.05) is 61.4 Å². The van der Waals surface area contributed by atoms with Gasteiger partial charge in [0.25, 0.3) is 0 Å². The number of amides is 2. The zero-order valence-corrected chi connectivity index (χ0v) is 18.2. The van der Waals surface area contributed by atoms with Crippen LogP contribution < -0.4 is 10.6 Å². The van der Waals surface area contributed by atoms with Crippen molar-refractivity contribution in [1.29, 1.82) is 0 Å². The van der Waals surface area contributed by atoms with Crippen molar-refractivity contribution in [2.75, 3.05) is 13.2 Å². The van der Waals surface area contributed by atoms with Crippen molar-refractivity contribution in [2.45, 2.75) is 43.7 Å². The summed E-state index contributed by atoms with van der Waals surface area (Å²) in [6, 6.07) is 14.3. The predicted octanol–water partition coefficient (Wildman–Crippen LogP) is 2.65. The maximum absolute atomic E-state index is 12.6. The molecule has 0 aromatic heterocycles. The zero-order chi connectivity index (χ0) is 23.4. The summed E-state index contributed by atoms with van der Waals surface area (Å²) in [6.45, 7) is -0.521. The number of benzene rings is 2. The van der Waals surface area contributed by atoms with E-state index in [9.17, 15) is 19.5 Å². The second-order valence-electron chi connectivity index (χ2n) is 8.55. The maximum atomic E-state index is 12.6. The molecule has 0 radical (unpaired) electrons. The molecule has 0 spiro atoms. The molecule has 174 valence electrons. The first kappa shape index (κ1) is 22.8. The van der Waals surface area contributed by atoms with E-state index in [-0.39, 0.29) is 12.5 Å². The Balaban J connectivity index is 1.39. The van der Waals surface area contributed by atoms with Gasteiger partial charge in [-0.15, -0.1) is 0 Å². The van der Waals surface area contributed by atoms with Crippen molar-refractivity contribution >= 4 is 18.0 Å². The number of carboxylic acids is 1. The fraction of sp³-hybridized carbons (Fsp3) is 0.400. The summed E-state index contributed by atoms with van der Waals surface area (Å²) >= 11 is 0. The van der Waals surface area contributed by atoms with E-state index in [0.717, 1.165) is 35.1 Å². The summed E-state index contributed by atoms with van der Waals surface area (Å²) in [4.78, 5) is 36.4. The first-order valence-electron chi connectivity index (χ1n) is 11.2. The third kappa shape index (κ3) is 4.85. The lowest BCUT2D eigenvalue weighted by molar-refractivity contribution is -0.144. The fourth-order valence-electron chi connectivity index (χ4n) is 4.87. The number of carboxylic acid groups (broad SMARTS) is 1. The maximum Gasteiger partial charge on any atom is 0.407 e. The quantitative estimate of drug-likeness (QED) is 0.512. The minimum absolute atomic E-state index is 0.0607. The summed E-state index contributed by atoms with van der Waals surface area (Å²) in [5, 5.41) is 23.4. The van der Waals surface area contributed by atoms with Gasteiger partial charge in [0.1, 0.15) is 12.6 Å². The number of nitrogens with one attached hydrogen (secondary N) is 2. The Hall–Kier alpha value is -3.39. The third-order valence-corrected chi connectivity index (χ3v) is 6.55. The first-order chi connectivity index (χ1) is 16.0. The van der Waals surface area contributed by atoms with Gasteiger partial charge in [0.05, 0.1) is 12.5 Å². The second-order valence-corrected chi connectivity index (χ2v) is 8.55. The molecule has 0 saturated heterocycles. The SMILES string of the molecule is O=C(NC1CCCCC1C(=O)N[C@@H](CO)C(=O)O)OCC1c2ccccc2-c2ccccc21. The summed E-state index contributed by atoms with van der Waals surface area (Å²) in [5.74, 6) is -2.43. The monoisotopic (exact) mass is 452 g/mol. The molecule has 8 heteroatoms. The second kappa shape index (κ2) is 10.0. The highest BCUT2D eigenvalue weighted by molar-refractivity contribution is 5.86. The molecule has 4 N–H and O–H groups in total. The van der Waals surface area contributed by atoms with Gasteiger partial charge in [-0.25, -0.2) is 9.59 Å². The Kier molecular flexibility index (Phi) is 6.93. The van der Waals surface area contributed by atoms with Gasteiger partial charge in [-0.3, -0.25) is 4.79 Å². The van der Waals surface area contributed by atoms with E-state index in [1.807, 2.05) is 36.4 Å². The van der Waals surface area contributed by atoms with Crippen LogP contribution in [-0.2, 0) is 14.3 Å². The van der Waals surface area contributed by atoms with Gasteiger partial charge in [0.2, 0.25) is 5.91 Å². The topological polar surface area (TPSA) is 125 Å². The van der Waals surface area contributed by atoms with Gasteiger partial charge in [-0.05, 0) is 35.1 Å². The molecular formula is C25H28N2O6. The van der Waals surface area contributed by atoms with Crippen molar-refractivity contribution in [3.63, 3.8) is 0 Å². The number of ether oxygens (including phenoxy) is 1. The third-order valence-electron chi connectivity index (χ3n) is 6.55. The van der Waals surface area contributed by atoms with Crippen LogP contribution in [-0.4, -0.2) is 53.5 Å². The van der Waals surface area contributed by atoms with Crippen molar-refractivity contribution in [3.05, 3.63) is 59.7 Å². The standard InChI is InChI=1S/C25H28N2O6/c28-13-22(24(30)31)26-23(29)19-11-5-6-12-21(19)27-25(32)33-14-20-17-9-3-1-7-15(17)16-8-2-4-10-18(16)20/h1-4,7-10,19-22,28H,5-6,11-14H2,(H,26,29)(H,27,32)(H,30,31)/t19?,21?,22-/m0/s1. The Bertz CT molecular complexity index is 994. The van der Waals surface area contributed by atoms with Gasteiger partial charge >= 0.3 is 12.1 Å². The Morgan fingerprint density at radius 3 is 2.18 bits per heavy atom. The van der Waals surface area contributed by atoms with Crippen LogP contribution >= 0.6 is 0 Å². The molecule has 0 aliphatic heterocycles. The number of carbonyl (C=O) groups is 3. The van der Waals surface area contributed by atoms with Crippen LogP contribution in [0, 0.1) is 5.92 Å². The van der Waals surface area contributed by atoms with Crippen LogP contribution in [0.5, 0.6) is 0 Å². The van der Waals surface area contributed by atoms with Crippen molar-refractivity contribution < 1.29 is 29.3 Å². The van der Waals surface area contributed by atoms with Crippen LogP contribution in [0.15, 0.2) is 48.5 Å². The molecule has 8 nitrogen and oxygen atoms in total. The summed E-state index contributed by atoms with van der Waals surface area (Å²) in [5.41, 5.74) is 4.52. The van der Waals surface area contributed by atoms with Gasteiger partial charge < -0.3 is 25.6 Å². The zero-order valence-electron chi connectivity index (χ0n) is 18.2. The van der Waals surface area contributed by atoms with Crippen LogP contribution in [0.4, 0.5) is 4.79 Å². The molecule has 1 fully saturated rings. The van der Waals surface area contributed by atoms with Crippen LogP contribution in [0.25, 0.3) is 11.1 Å². The normalized spacial score (nSPS) is 20.3. The lowest BCUT2D eigenvalue weighted by Crippen LogP contribution is -2.52. The van der Waals surface area contributed by atoms with Crippen LogP contribution in [0.2, 0.25) is 0 Å². The molecule has 0 heterocycles. The lowest BCUT2D eigenvalue weighted by Gasteiger charge is -2.31. The summed E-state index contributed by atoms with van der Waals surface area (Å²) < 4.78 is 5.60. The molecule has 3 atom stereocenters. The smallest absolute Gasteiger partial charge is 0.407 e. The highest BCUT2D eigenvalue weighted by atomic mass is 16.5. The summed E-state index contributed by atoms with van der Waals surface area (Å²) in [6.07, 6.45) is 2.17. The van der Waals surface area contributed by atoms with Crippen LogP contribution in [0.3, 0.4) is 0 Å². The molecule has 1 saturated carbocycles. The van der Waals surface area contributed by atoms with E-state index >= 15 is 0 Å². The average molecular weight is 453 g/mol. The van der Waals surface area contributed by atoms with Crippen molar-refractivity contribution in [2.24, 2.45) is 5.92 Å². The number of hydrogen-bond acceptors (Lipinski definition) is 5. The van der Waals surface area contributed by atoms with Crippen molar-refractivity contribution in [3.8, 4) is 11.1 Å². The highest BCUT2D eigenvalue weighted by Crippen LogP contribution is 2.44. The van der Waals surface area contributed by atoms with E-state index in [4.69, 9.17) is 9.84 Å². The lowest BCUT2D eigenvalue weighted by atomic mass is 9.83.